The summed E-state index contributed by atoms with van der Waals surface area (Å²) in [7, 11) is 0. The second-order valence-electron chi connectivity index (χ2n) is 5.76. The van der Waals surface area contributed by atoms with Gasteiger partial charge in [0.1, 0.15) is 5.60 Å². The molecule has 0 aliphatic carbocycles. The first-order valence-electron chi connectivity index (χ1n) is 6.88. The van der Waals surface area contributed by atoms with E-state index in [1.165, 1.54) is 0 Å². The lowest BCUT2D eigenvalue weighted by atomic mass is 10.2. The van der Waals surface area contributed by atoms with E-state index in [0.29, 0.717) is 11.4 Å². The van der Waals surface area contributed by atoms with Crippen molar-refractivity contribution in [2.24, 2.45) is 0 Å². The molecule has 0 saturated carbocycles. The maximum atomic E-state index is 13.6. The summed E-state index contributed by atoms with van der Waals surface area (Å²) in [5.74, 6) is -0.728. The second kappa shape index (κ2) is 6.47. The molecule has 0 radical (unpaired) electrons. The molecule has 122 valence electrons. The molecule has 2 aromatic rings. The van der Waals surface area contributed by atoms with Crippen molar-refractivity contribution in [3.05, 3.63) is 36.3 Å². The van der Waals surface area contributed by atoms with Crippen LogP contribution in [0.1, 0.15) is 20.8 Å². The van der Waals surface area contributed by atoms with Crippen LogP contribution in [0.4, 0.5) is 32.3 Å². The quantitative estimate of drug-likeness (QED) is 0.802. The zero-order chi connectivity index (χ0) is 17.0. The lowest BCUT2D eigenvalue weighted by Crippen LogP contribution is -2.27. The first-order valence-corrected chi connectivity index (χ1v) is 6.88. The summed E-state index contributed by atoms with van der Waals surface area (Å²) in [6.45, 7) is 5.31. The number of amides is 1. The Bertz CT molecular complexity index is 715. The fourth-order valence-electron chi connectivity index (χ4n) is 1.70. The first-order chi connectivity index (χ1) is 10.7. The number of carbonyl (C=O) groups is 1. The minimum atomic E-state index is -0.635. The second-order valence-corrected chi connectivity index (χ2v) is 5.76. The number of nitrogens with one attached hydrogen (secondary N) is 2. The molecule has 0 saturated heterocycles. The average molecular weight is 319 g/mol. The molecule has 1 amide bonds. The molecule has 0 aliphatic heterocycles. The molecule has 0 atom stereocenters. The summed E-state index contributed by atoms with van der Waals surface area (Å²) >= 11 is 0. The third-order valence-electron chi connectivity index (χ3n) is 2.53. The molecule has 0 unspecified atom stereocenters. The van der Waals surface area contributed by atoms with Crippen LogP contribution >= 0.6 is 0 Å². The van der Waals surface area contributed by atoms with Crippen LogP contribution in [-0.4, -0.2) is 21.7 Å². The van der Waals surface area contributed by atoms with Gasteiger partial charge in [-0.15, -0.1) is 0 Å². The van der Waals surface area contributed by atoms with Crippen molar-refractivity contribution in [1.82, 2.24) is 9.97 Å². The summed E-state index contributed by atoms with van der Waals surface area (Å²) in [5.41, 5.74) is 5.85. The molecule has 8 heteroatoms. The van der Waals surface area contributed by atoms with Gasteiger partial charge in [0.2, 0.25) is 5.95 Å². The van der Waals surface area contributed by atoms with E-state index < -0.39 is 17.5 Å². The molecule has 0 fully saturated rings. The minimum Gasteiger partial charge on any atom is -0.444 e. The summed E-state index contributed by atoms with van der Waals surface area (Å²) in [6, 6.07) is 6.68. The smallest absolute Gasteiger partial charge is 0.412 e. The third-order valence-corrected chi connectivity index (χ3v) is 2.53. The number of hydrogen-bond donors (Lipinski definition) is 3. The normalized spacial score (nSPS) is 11.0. The van der Waals surface area contributed by atoms with E-state index in [4.69, 9.17) is 10.5 Å². The zero-order valence-electron chi connectivity index (χ0n) is 13.1. The van der Waals surface area contributed by atoms with E-state index in [1.54, 1.807) is 45.0 Å². The summed E-state index contributed by atoms with van der Waals surface area (Å²) in [4.78, 5) is 19.1. The lowest BCUT2D eigenvalue weighted by Gasteiger charge is -2.19. The van der Waals surface area contributed by atoms with E-state index in [-0.39, 0.29) is 11.8 Å². The predicted octanol–water partition coefficient (Wildman–Crippen LogP) is 3.29. The van der Waals surface area contributed by atoms with Gasteiger partial charge in [-0.05, 0) is 39.0 Å². The van der Waals surface area contributed by atoms with Crippen LogP contribution in [0.2, 0.25) is 0 Å². The van der Waals surface area contributed by atoms with Gasteiger partial charge < -0.3 is 15.8 Å². The topological polar surface area (TPSA) is 102 Å². The van der Waals surface area contributed by atoms with E-state index in [0.717, 1.165) is 6.20 Å². The largest absolute Gasteiger partial charge is 0.444 e. The number of rotatable bonds is 3. The highest BCUT2D eigenvalue weighted by molar-refractivity contribution is 5.85. The molecule has 0 aliphatic rings. The van der Waals surface area contributed by atoms with Gasteiger partial charge in [0, 0.05) is 11.4 Å². The standard InChI is InChI=1S/C15H18FN5O2/c1-15(2,3)23-14(22)20-10-6-4-5-9(7-10)19-12-11(16)8-18-13(17)21-12/h4-8H,1-3H3,(H,20,22)(H3,17,18,19,21). The van der Waals surface area contributed by atoms with Crippen LogP contribution in [0.15, 0.2) is 30.5 Å². The number of benzene rings is 1. The van der Waals surface area contributed by atoms with Gasteiger partial charge in [0.15, 0.2) is 11.6 Å². The van der Waals surface area contributed by atoms with E-state index in [1.807, 2.05) is 0 Å². The Morgan fingerprint density at radius 1 is 1.30 bits per heavy atom. The number of hydrogen-bond acceptors (Lipinski definition) is 6. The van der Waals surface area contributed by atoms with Crippen molar-refractivity contribution >= 4 is 29.2 Å². The van der Waals surface area contributed by atoms with E-state index in [9.17, 15) is 9.18 Å². The number of halogens is 1. The fraction of sp³-hybridized carbons (Fsp3) is 0.267. The summed E-state index contributed by atoms with van der Waals surface area (Å²) < 4.78 is 18.8. The molecule has 0 bridgehead atoms. The van der Waals surface area contributed by atoms with Crippen molar-refractivity contribution in [1.29, 1.82) is 0 Å². The van der Waals surface area contributed by atoms with Gasteiger partial charge in [0.05, 0.1) is 6.20 Å². The molecule has 0 spiro atoms. The molecule has 1 aromatic carbocycles. The molecular weight excluding hydrogens is 301 g/mol. The van der Waals surface area contributed by atoms with Crippen molar-refractivity contribution in [3.63, 3.8) is 0 Å². The maximum Gasteiger partial charge on any atom is 0.412 e. The number of nitrogens with two attached hydrogens (primary N) is 1. The van der Waals surface area contributed by atoms with Crippen LogP contribution in [0.3, 0.4) is 0 Å². The molecule has 1 heterocycles. The van der Waals surface area contributed by atoms with Gasteiger partial charge >= 0.3 is 6.09 Å². The highest BCUT2D eigenvalue weighted by Crippen LogP contribution is 2.21. The Morgan fingerprint density at radius 3 is 2.70 bits per heavy atom. The third kappa shape index (κ3) is 5.10. The van der Waals surface area contributed by atoms with Crippen LogP contribution in [0.5, 0.6) is 0 Å². The maximum absolute atomic E-state index is 13.6. The molecule has 7 nitrogen and oxygen atoms in total. The van der Waals surface area contributed by atoms with Crippen molar-refractivity contribution in [2.45, 2.75) is 26.4 Å². The molecular formula is C15H18FN5O2. The van der Waals surface area contributed by atoms with Crippen molar-refractivity contribution in [3.8, 4) is 0 Å². The molecule has 4 N–H and O–H groups in total. The Morgan fingerprint density at radius 2 is 2.00 bits per heavy atom. The number of ether oxygens (including phenoxy) is 1. The van der Waals surface area contributed by atoms with Gasteiger partial charge in [-0.25, -0.2) is 14.2 Å². The fourth-order valence-corrected chi connectivity index (χ4v) is 1.70. The number of anilines is 4. The Kier molecular flexibility index (Phi) is 4.63. The van der Waals surface area contributed by atoms with E-state index >= 15 is 0 Å². The van der Waals surface area contributed by atoms with Gasteiger partial charge in [0.25, 0.3) is 0 Å². The highest BCUT2D eigenvalue weighted by Gasteiger charge is 2.16. The number of aromatic nitrogens is 2. The molecule has 2 rings (SSSR count). The van der Waals surface area contributed by atoms with Crippen LogP contribution < -0.4 is 16.4 Å². The number of carbonyl (C=O) groups excluding carboxylic acids is 1. The average Bonchev–Trinajstić information content (AvgIpc) is 2.41. The molecule has 1 aromatic heterocycles. The van der Waals surface area contributed by atoms with Gasteiger partial charge in [-0.1, -0.05) is 6.07 Å². The predicted molar refractivity (Wildman–Crippen MR) is 86.0 cm³/mol. The Balaban J connectivity index is 2.11. The van der Waals surface area contributed by atoms with Crippen molar-refractivity contribution in [2.75, 3.05) is 16.4 Å². The minimum absolute atomic E-state index is 0.0445. The van der Waals surface area contributed by atoms with Crippen LogP contribution in [-0.2, 0) is 4.74 Å². The van der Waals surface area contributed by atoms with E-state index in [2.05, 4.69) is 20.6 Å². The molecule has 23 heavy (non-hydrogen) atoms. The highest BCUT2D eigenvalue weighted by atomic mass is 19.1. The monoisotopic (exact) mass is 319 g/mol. The zero-order valence-corrected chi connectivity index (χ0v) is 13.1. The van der Waals surface area contributed by atoms with Gasteiger partial charge in [-0.3, -0.25) is 5.32 Å². The van der Waals surface area contributed by atoms with Crippen LogP contribution in [0.25, 0.3) is 0 Å². The van der Waals surface area contributed by atoms with Crippen molar-refractivity contribution < 1.29 is 13.9 Å². The SMILES string of the molecule is CC(C)(C)OC(=O)Nc1cccc(Nc2nc(N)ncc2F)c1. The number of nitrogen functional groups attached to an aromatic ring is 1. The lowest BCUT2D eigenvalue weighted by molar-refractivity contribution is 0.0636. The Hall–Kier alpha value is -2.90. The van der Waals surface area contributed by atoms with Crippen LogP contribution in [0, 0.1) is 5.82 Å². The van der Waals surface area contributed by atoms with Gasteiger partial charge in [-0.2, -0.15) is 4.98 Å². The number of nitrogens with zero attached hydrogens (tertiary/aromatic N) is 2. The summed E-state index contributed by atoms with van der Waals surface area (Å²) in [5, 5.41) is 5.37. The summed E-state index contributed by atoms with van der Waals surface area (Å²) in [6.07, 6.45) is 0.403. The Labute approximate surface area is 133 Å². The first kappa shape index (κ1) is 16.5.